The molecule has 0 aliphatic rings. The number of nitrogens with one attached hydrogen (secondary N) is 1. The molecular formula is C22H19N7O2. The summed E-state index contributed by atoms with van der Waals surface area (Å²) in [6.07, 6.45) is 0. The van der Waals surface area contributed by atoms with Crippen LogP contribution in [-0.4, -0.2) is 24.7 Å². The van der Waals surface area contributed by atoms with Crippen molar-refractivity contribution in [3.63, 3.8) is 0 Å². The Morgan fingerprint density at radius 1 is 1.00 bits per heavy atom. The maximum absolute atomic E-state index is 13.2. The Kier molecular flexibility index (Phi) is 5.20. The maximum Gasteiger partial charge on any atom is 0.303 e. The Bertz CT molecular complexity index is 1340. The molecule has 2 N–H and O–H groups in total. The van der Waals surface area contributed by atoms with Gasteiger partial charge in [0.2, 0.25) is 17.4 Å². The lowest BCUT2D eigenvalue weighted by molar-refractivity contribution is 0.426. The molecule has 2 heterocycles. The summed E-state index contributed by atoms with van der Waals surface area (Å²) < 4.78 is 2.69. The van der Waals surface area contributed by atoms with Crippen LogP contribution in [0.15, 0.2) is 75.7 Å². The minimum atomic E-state index is -0.555. The summed E-state index contributed by atoms with van der Waals surface area (Å²) in [5.74, 6) is -0.257. The summed E-state index contributed by atoms with van der Waals surface area (Å²) >= 11 is 0. The lowest BCUT2D eigenvalue weighted by Crippen LogP contribution is -2.20. The number of hydrogen-bond acceptors (Lipinski definition) is 5. The zero-order valence-electron chi connectivity index (χ0n) is 16.9. The van der Waals surface area contributed by atoms with Gasteiger partial charge in [0.15, 0.2) is 0 Å². The Hall–Kier alpha value is -4.45. The highest BCUT2D eigenvalue weighted by Crippen LogP contribution is 2.36. The van der Waals surface area contributed by atoms with Crippen LogP contribution < -0.4 is 5.56 Å². The standard InChI is InChI=1S/C22H19N7O2/c1-14(2)17-18(23-3)20(26-24-17)27-25-19-21(30)28(15-10-6-4-7-11-15)29(22(19)31)16-12-8-5-9-13-16/h4-14,30H,1-2H3,(H,24,26). The van der Waals surface area contributed by atoms with Crippen LogP contribution in [0.1, 0.15) is 25.5 Å². The van der Waals surface area contributed by atoms with Crippen molar-refractivity contribution in [2.75, 3.05) is 0 Å². The number of H-pyrrole nitrogens is 1. The molecule has 2 aromatic carbocycles. The van der Waals surface area contributed by atoms with E-state index in [9.17, 15) is 9.90 Å². The van der Waals surface area contributed by atoms with E-state index >= 15 is 0 Å². The number of benzene rings is 2. The highest BCUT2D eigenvalue weighted by atomic mass is 16.3. The van der Waals surface area contributed by atoms with Gasteiger partial charge in [-0.05, 0) is 30.2 Å². The van der Waals surface area contributed by atoms with Gasteiger partial charge in [-0.15, -0.1) is 10.2 Å². The van der Waals surface area contributed by atoms with Gasteiger partial charge in [0, 0.05) is 5.69 Å². The van der Waals surface area contributed by atoms with Crippen molar-refractivity contribution < 1.29 is 5.11 Å². The smallest absolute Gasteiger partial charge is 0.303 e. The average Bonchev–Trinajstić information content (AvgIpc) is 3.31. The summed E-state index contributed by atoms with van der Waals surface area (Å²) in [4.78, 5) is 16.7. The van der Waals surface area contributed by atoms with Crippen molar-refractivity contribution in [3.8, 4) is 17.3 Å². The third kappa shape index (κ3) is 3.51. The zero-order chi connectivity index (χ0) is 22.0. The van der Waals surface area contributed by atoms with Gasteiger partial charge < -0.3 is 5.11 Å². The summed E-state index contributed by atoms with van der Waals surface area (Å²) in [5, 5.41) is 25.7. The van der Waals surface area contributed by atoms with Crippen LogP contribution in [0.5, 0.6) is 5.88 Å². The Balaban J connectivity index is 1.89. The minimum Gasteiger partial charge on any atom is -0.492 e. The van der Waals surface area contributed by atoms with Crippen LogP contribution in [0, 0.1) is 6.57 Å². The predicted octanol–water partition coefficient (Wildman–Crippen LogP) is 5.15. The van der Waals surface area contributed by atoms with Gasteiger partial charge in [-0.25, -0.2) is 14.2 Å². The first-order valence-electron chi connectivity index (χ1n) is 9.58. The second kappa shape index (κ2) is 8.12. The molecule has 31 heavy (non-hydrogen) atoms. The van der Waals surface area contributed by atoms with Crippen molar-refractivity contribution in [1.82, 2.24) is 19.6 Å². The summed E-state index contributed by atoms with van der Waals surface area (Å²) in [6.45, 7) is 11.3. The van der Waals surface area contributed by atoms with Crippen LogP contribution in [0.25, 0.3) is 16.2 Å². The minimum absolute atomic E-state index is 0.0448. The Labute approximate surface area is 177 Å². The number of aromatic nitrogens is 4. The number of azo groups is 1. The first kappa shape index (κ1) is 19.8. The highest BCUT2D eigenvalue weighted by Gasteiger charge is 2.23. The first-order valence-corrected chi connectivity index (χ1v) is 9.58. The fraction of sp³-hybridized carbons (Fsp3) is 0.136. The normalized spacial score (nSPS) is 11.3. The SMILES string of the molecule is [C-]#[N+]c1c(N=Nc2c(O)n(-c3ccccc3)n(-c3ccccc3)c2=O)n[nH]c1C(C)C. The zero-order valence-corrected chi connectivity index (χ0v) is 16.9. The predicted molar refractivity (Wildman–Crippen MR) is 116 cm³/mol. The van der Waals surface area contributed by atoms with Gasteiger partial charge in [0.1, 0.15) is 0 Å². The van der Waals surface area contributed by atoms with E-state index in [1.807, 2.05) is 26.0 Å². The van der Waals surface area contributed by atoms with E-state index in [2.05, 4.69) is 25.3 Å². The number of aromatic hydroxyl groups is 1. The fourth-order valence-electron chi connectivity index (χ4n) is 3.20. The van der Waals surface area contributed by atoms with Gasteiger partial charge in [-0.3, -0.25) is 9.89 Å². The first-order chi connectivity index (χ1) is 15.0. The molecule has 154 valence electrons. The monoisotopic (exact) mass is 413 g/mol. The quantitative estimate of drug-likeness (QED) is 0.349. The lowest BCUT2D eigenvalue weighted by Gasteiger charge is -2.12. The summed E-state index contributed by atoms with van der Waals surface area (Å²) in [5.41, 5.74) is 1.20. The van der Waals surface area contributed by atoms with Crippen LogP contribution in [-0.2, 0) is 0 Å². The molecule has 9 heteroatoms. The van der Waals surface area contributed by atoms with Crippen LogP contribution in [0.3, 0.4) is 0 Å². The van der Waals surface area contributed by atoms with E-state index in [1.54, 1.807) is 48.5 Å². The van der Waals surface area contributed by atoms with E-state index in [0.29, 0.717) is 17.1 Å². The van der Waals surface area contributed by atoms with E-state index in [4.69, 9.17) is 6.57 Å². The molecule has 0 unspecified atom stereocenters. The second-order valence-corrected chi connectivity index (χ2v) is 7.05. The number of rotatable bonds is 5. The number of nitrogens with zero attached hydrogens (tertiary/aromatic N) is 6. The molecule has 0 saturated carbocycles. The maximum atomic E-state index is 13.2. The number of hydrogen-bond donors (Lipinski definition) is 2. The third-order valence-corrected chi connectivity index (χ3v) is 4.69. The molecule has 0 spiro atoms. The van der Waals surface area contributed by atoms with E-state index in [0.717, 1.165) is 0 Å². The lowest BCUT2D eigenvalue weighted by atomic mass is 10.1. The summed E-state index contributed by atoms with van der Waals surface area (Å²) in [6, 6.07) is 17.9. The largest absolute Gasteiger partial charge is 0.492 e. The van der Waals surface area contributed by atoms with Crippen molar-refractivity contribution in [3.05, 3.63) is 88.1 Å². The van der Waals surface area contributed by atoms with Crippen molar-refractivity contribution in [1.29, 1.82) is 0 Å². The molecule has 4 aromatic rings. The van der Waals surface area contributed by atoms with Crippen molar-refractivity contribution in [2.45, 2.75) is 19.8 Å². The van der Waals surface area contributed by atoms with Crippen LogP contribution >= 0.6 is 0 Å². The van der Waals surface area contributed by atoms with Gasteiger partial charge in [0.25, 0.3) is 5.69 Å². The molecule has 0 radical (unpaired) electrons. The molecule has 0 saturated heterocycles. The van der Waals surface area contributed by atoms with Gasteiger partial charge in [0.05, 0.1) is 17.9 Å². The average molecular weight is 413 g/mol. The van der Waals surface area contributed by atoms with Crippen LogP contribution in [0.2, 0.25) is 0 Å². The molecule has 0 fully saturated rings. The topological polar surface area (TPSA) is 105 Å². The van der Waals surface area contributed by atoms with Gasteiger partial charge in [-0.2, -0.15) is 5.10 Å². The number of aromatic amines is 1. The molecule has 4 rings (SSSR count). The Morgan fingerprint density at radius 2 is 1.58 bits per heavy atom. The van der Waals surface area contributed by atoms with E-state index < -0.39 is 5.56 Å². The number of para-hydroxylation sites is 2. The molecule has 0 amide bonds. The van der Waals surface area contributed by atoms with E-state index in [1.165, 1.54) is 9.36 Å². The molecule has 0 aliphatic carbocycles. The molecular weight excluding hydrogens is 394 g/mol. The molecule has 0 aliphatic heterocycles. The van der Waals surface area contributed by atoms with Crippen molar-refractivity contribution >= 4 is 17.2 Å². The van der Waals surface area contributed by atoms with Crippen LogP contribution in [0.4, 0.5) is 17.2 Å². The highest BCUT2D eigenvalue weighted by molar-refractivity contribution is 5.66. The second-order valence-electron chi connectivity index (χ2n) is 7.05. The molecule has 9 nitrogen and oxygen atoms in total. The fourth-order valence-corrected chi connectivity index (χ4v) is 3.20. The molecule has 0 atom stereocenters. The van der Waals surface area contributed by atoms with Gasteiger partial charge in [-0.1, -0.05) is 50.2 Å². The summed E-state index contributed by atoms with van der Waals surface area (Å²) in [7, 11) is 0. The van der Waals surface area contributed by atoms with Gasteiger partial charge >= 0.3 is 5.56 Å². The third-order valence-electron chi connectivity index (χ3n) is 4.69. The Morgan fingerprint density at radius 3 is 2.13 bits per heavy atom. The molecule has 2 aromatic heterocycles. The van der Waals surface area contributed by atoms with Crippen molar-refractivity contribution in [2.24, 2.45) is 10.2 Å². The van der Waals surface area contributed by atoms with E-state index in [-0.39, 0.29) is 29.0 Å². The molecule has 0 bridgehead atoms.